The van der Waals surface area contributed by atoms with Crippen LogP contribution in [-0.4, -0.2) is 46.8 Å². The van der Waals surface area contributed by atoms with Crippen LogP contribution < -0.4 is 15.5 Å². The number of anilines is 1. The standard InChI is InChI=1S/C19H23N5O2/c1-23-16-8-13(24-9-11-2-3-12(10-24)20-11)4-5-14(16)18(22-23)15-6-7-17(25)21-19(15)26/h4-5,8,11-12,15,20H,2-3,6-7,9-10H2,1H3,(H,21,25,26). The number of hydrogen-bond acceptors (Lipinski definition) is 5. The Kier molecular flexibility index (Phi) is 3.53. The molecule has 0 spiro atoms. The van der Waals surface area contributed by atoms with E-state index in [0.717, 1.165) is 29.7 Å². The first-order chi connectivity index (χ1) is 12.6. The summed E-state index contributed by atoms with van der Waals surface area (Å²) in [6.07, 6.45) is 3.42. The van der Waals surface area contributed by atoms with Crippen molar-refractivity contribution >= 4 is 28.4 Å². The first kappa shape index (κ1) is 15.8. The Bertz CT molecular complexity index is 893. The van der Waals surface area contributed by atoms with E-state index in [4.69, 9.17) is 0 Å². The number of piperidine rings is 1. The fraction of sp³-hybridized carbons (Fsp3) is 0.526. The number of nitrogens with one attached hydrogen (secondary N) is 2. The highest BCUT2D eigenvalue weighted by Crippen LogP contribution is 2.33. The van der Waals surface area contributed by atoms with Gasteiger partial charge in [0.05, 0.1) is 17.1 Å². The smallest absolute Gasteiger partial charge is 0.235 e. The Morgan fingerprint density at radius 3 is 2.62 bits per heavy atom. The van der Waals surface area contributed by atoms with Gasteiger partial charge in [-0.25, -0.2) is 0 Å². The average molecular weight is 353 g/mol. The molecule has 2 amide bonds. The van der Waals surface area contributed by atoms with Gasteiger partial charge in [0.2, 0.25) is 11.8 Å². The van der Waals surface area contributed by atoms with Crippen LogP contribution in [0.1, 0.15) is 37.3 Å². The highest BCUT2D eigenvalue weighted by atomic mass is 16.2. The number of carbonyl (C=O) groups excluding carboxylic acids is 2. The number of benzene rings is 1. The van der Waals surface area contributed by atoms with Gasteiger partial charge in [0.25, 0.3) is 0 Å². The van der Waals surface area contributed by atoms with Gasteiger partial charge in [-0.05, 0) is 37.5 Å². The Morgan fingerprint density at radius 1 is 1.12 bits per heavy atom. The van der Waals surface area contributed by atoms with Crippen molar-refractivity contribution in [2.75, 3.05) is 18.0 Å². The fourth-order valence-corrected chi connectivity index (χ4v) is 4.69. The molecular weight excluding hydrogens is 330 g/mol. The molecule has 3 fully saturated rings. The van der Waals surface area contributed by atoms with Gasteiger partial charge in [0.1, 0.15) is 0 Å². The third-order valence-electron chi connectivity index (χ3n) is 6.01. The number of nitrogens with zero attached hydrogens (tertiary/aromatic N) is 3. The minimum atomic E-state index is -0.350. The Morgan fingerprint density at radius 2 is 1.88 bits per heavy atom. The molecule has 0 aliphatic carbocycles. The van der Waals surface area contributed by atoms with Crippen LogP contribution in [0.15, 0.2) is 18.2 Å². The van der Waals surface area contributed by atoms with E-state index >= 15 is 0 Å². The highest BCUT2D eigenvalue weighted by Gasteiger charge is 2.34. The molecule has 136 valence electrons. The normalized spacial score (nSPS) is 28.7. The summed E-state index contributed by atoms with van der Waals surface area (Å²) >= 11 is 0. The molecule has 7 heteroatoms. The molecule has 1 aromatic carbocycles. The molecule has 0 saturated carbocycles. The van der Waals surface area contributed by atoms with Crippen LogP contribution in [0.25, 0.3) is 10.9 Å². The second-order valence-corrected chi connectivity index (χ2v) is 7.76. The van der Waals surface area contributed by atoms with Crippen LogP contribution in [0.3, 0.4) is 0 Å². The molecule has 26 heavy (non-hydrogen) atoms. The van der Waals surface area contributed by atoms with E-state index < -0.39 is 0 Å². The molecule has 5 rings (SSSR count). The molecule has 3 saturated heterocycles. The number of aromatic nitrogens is 2. The lowest BCUT2D eigenvalue weighted by Gasteiger charge is -2.34. The van der Waals surface area contributed by atoms with Crippen LogP contribution in [0.5, 0.6) is 0 Å². The third kappa shape index (κ3) is 2.49. The monoisotopic (exact) mass is 353 g/mol. The summed E-state index contributed by atoms with van der Waals surface area (Å²) in [7, 11) is 1.92. The first-order valence-electron chi connectivity index (χ1n) is 9.40. The third-order valence-corrected chi connectivity index (χ3v) is 6.01. The molecule has 3 unspecified atom stereocenters. The predicted molar refractivity (Wildman–Crippen MR) is 98.0 cm³/mol. The summed E-state index contributed by atoms with van der Waals surface area (Å²) in [6, 6.07) is 7.60. The molecule has 0 radical (unpaired) electrons. The van der Waals surface area contributed by atoms with Gasteiger partial charge in [-0.3, -0.25) is 19.6 Å². The van der Waals surface area contributed by atoms with Gasteiger partial charge in [-0.2, -0.15) is 5.10 Å². The van der Waals surface area contributed by atoms with Gasteiger partial charge >= 0.3 is 0 Å². The molecule has 3 aliphatic heterocycles. The number of carbonyl (C=O) groups is 2. The number of imide groups is 1. The summed E-state index contributed by atoms with van der Waals surface area (Å²) < 4.78 is 1.86. The van der Waals surface area contributed by atoms with Gasteiger partial charge in [0.15, 0.2) is 0 Å². The Balaban J connectivity index is 1.49. The lowest BCUT2D eigenvalue weighted by Crippen LogP contribution is -2.51. The summed E-state index contributed by atoms with van der Waals surface area (Å²) in [5, 5.41) is 11.7. The molecule has 2 aromatic rings. The van der Waals surface area contributed by atoms with E-state index in [1.807, 2.05) is 11.7 Å². The van der Waals surface area contributed by atoms with E-state index in [9.17, 15) is 9.59 Å². The SMILES string of the molecule is Cn1nc(C2CCC(=O)NC2=O)c2ccc(N3CC4CCC(C3)N4)cc21. The van der Waals surface area contributed by atoms with Gasteiger partial charge in [0, 0.05) is 49.7 Å². The quantitative estimate of drug-likeness (QED) is 0.789. The number of aryl methyl sites for hydroxylation is 1. The van der Waals surface area contributed by atoms with E-state index in [1.165, 1.54) is 18.5 Å². The first-order valence-corrected chi connectivity index (χ1v) is 9.40. The van der Waals surface area contributed by atoms with Crippen molar-refractivity contribution < 1.29 is 9.59 Å². The minimum Gasteiger partial charge on any atom is -0.368 e. The zero-order valence-electron chi connectivity index (χ0n) is 14.9. The summed E-state index contributed by atoms with van der Waals surface area (Å²) in [5.74, 6) is -0.775. The predicted octanol–water partition coefficient (Wildman–Crippen LogP) is 1.03. The van der Waals surface area contributed by atoms with Crippen molar-refractivity contribution in [1.82, 2.24) is 20.4 Å². The molecule has 7 nitrogen and oxygen atoms in total. The number of fused-ring (bicyclic) bond motifs is 3. The fourth-order valence-electron chi connectivity index (χ4n) is 4.69. The minimum absolute atomic E-state index is 0.192. The molecular formula is C19H23N5O2. The van der Waals surface area contributed by atoms with Crippen LogP contribution in [0.2, 0.25) is 0 Å². The van der Waals surface area contributed by atoms with Crippen molar-refractivity contribution in [3.8, 4) is 0 Å². The largest absolute Gasteiger partial charge is 0.368 e. The van der Waals surface area contributed by atoms with E-state index in [2.05, 4.69) is 38.8 Å². The number of rotatable bonds is 2. The average Bonchev–Trinajstić information content (AvgIpc) is 3.14. The second-order valence-electron chi connectivity index (χ2n) is 7.76. The van der Waals surface area contributed by atoms with Crippen molar-refractivity contribution in [3.63, 3.8) is 0 Å². The topological polar surface area (TPSA) is 79.3 Å². The summed E-state index contributed by atoms with van der Waals surface area (Å²) in [4.78, 5) is 26.1. The number of amides is 2. The Labute approximate surface area is 151 Å². The maximum absolute atomic E-state index is 12.3. The van der Waals surface area contributed by atoms with Crippen molar-refractivity contribution in [3.05, 3.63) is 23.9 Å². The highest BCUT2D eigenvalue weighted by molar-refractivity contribution is 6.02. The van der Waals surface area contributed by atoms with Gasteiger partial charge in [-0.15, -0.1) is 0 Å². The molecule has 1 aromatic heterocycles. The zero-order chi connectivity index (χ0) is 17.8. The molecule has 3 aliphatic rings. The maximum Gasteiger partial charge on any atom is 0.235 e. The van der Waals surface area contributed by atoms with Crippen LogP contribution in [0.4, 0.5) is 5.69 Å². The van der Waals surface area contributed by atoms with E-state index in [0.29, 0.717) is 24.9 Å². The van der Waals surface area contributed by atoms with Crippen molar-refractivity contribution in [1.29, 1.82) is 0 Å². The number of hydrogen-bond donors (Lipinski definition) is 2. The molecule has 3 atom stereocenters. The van der Waals surface area contributed by atoms with Crippen molar-refractivity contribution in [2.24, 2.45) is 7.05 Å². The van der Waals surface area contributed by atoms with Crippen molar-refractivity contribution in [2.45, 2.75) is 43.7 Å². The Hall–Kier alpha value is -2.41. The van der Waals surface area contributed by atoms with Crippen LogP contribution in [0, 0.1) is 0 Å². The van der Waals surface area contributed by atoms with Gasteiger partial charge in [-0.1, -0.05) is 0 Å². The summed E-state index contributed by atoms with van der Waals surface area (Å²) in [6.45, 7) is 2.08. The molecule has 4 heterocycles. The van der Waals surface area contributed by atoms with E-state index in [-0.39, 0.29) is 17.7 Å². The second kappa shape index (κ2) is 5.81. The van der Waals surface area contributed by atoms with Crippen LogP contribution in [-0.2, 0) is 16.6 Å². The number of piperazine rings is 1. The van der Waals surface area contributed by atoms with Crippen LogP contribution >= 0.6 is 0 Å². The van der Waals surface area contributed by atoms with Gasteiger partial charge < -0.3 is 10.2 Å². The maximum atomic E-state index is 12.3. The lowest BCUT2D eigenvalue weighted by molar-refractivity contribution is -0.134. The zero-order valence-corrected chi connectivity index (χ0v) is 14.9. The molecule has 2 bridgehead atoms. The lowest BCUT2D eigenvalue weighted by atomic mass is 9.93. The molecule has 2 N–H and O–H groups in total. The summed E-state index contributed by atoms with van der Waals surface area (Å²) in [5.41, 5.74) is 3.03. The van der Waals surface area contributed by atoms with E-state index in [1.54, 1.807) is 0 Å².